The van der Waals surface area contributed by atoms with E-state index in [2.05, 4.69) is 15.1 Å². The van der Waals surface area contributed by atoms with Crippen LogP contribution in [0.5, 0.6) is 0 Å². The number of para-hydroxylation sites is 2. The molecule has 1 fully saturated rings. The van der Waals surface area contributed by atoms with E-state index in [9.17, 15) is 5.21 Å². The Balaban J connectivity index is 1.82. The molecule has 7 nitrogen and oxygen atoms in total. The van der Waals surface area contributed by atoms with Crippen molar-refractivity contribution in [2.24, 2.45) is 0 Å². The van der Waals surface area contributed by atoms with Gasteiger partial charge < -0.3 is 9.73 Å². The van der Waals surface area contributed by atoms with Crippen molar-refractivity contribution < 1.29 is 9.25 Å². The molecule has 0 atom stereocenters. The third-order valence-electron chi connectivity index (χ3n) is 4.36. The van der Waals surface area contributed by atoms with E-state index in [4.69, 9.17) is 4.52 Å². The molecule has 23 heavy (non-hydrogen) atoms. The number of rotatable bonds is 2. The molecule has 1 aromatic carbocycles. The molecule has 7 heteroatoms. The van der Waals surface area contributed by atoms with Crippen molar-refractivity contribution in [2.45, 2.75) is 25.7 Å². The molecular weight excluding hydrogens is 294 g/mol. The summed E-state index contributed by atoms with van der Waals surface area (Å²) in [6.45, 7) is 1.78. The van der Waals surface area contributed by atoms with E-state index < -0.39 is 0 Å². The van der Waals surface area contributed by atoms with Crippen LogP contribution in [0.1, 0.15) is 30.3 Å². The van der Waals surface area contributed by atoms with Crippen molar-refractivity contribution in [3.05, 3.63) is 47.4 Å². The lowest BCUT2D eigenvalue weighted by Gasteiger charge is -2.08. The Bertz CT molecular complexity index is 1060. The van der Waals surface area contributed by atoms with E-state index in [1.54, 1.807) is 19.3 Å². The highest BCUT2D eigenvalue weighted by atomic mass is 16.5. The Hall–Kier alpha value is -2.96. The second kappa shape index (κ2) is 4.28. The maximum atomic E-state index is 12.6. The summed E-state index contributed by atoms with van der Waals surface area (Å²) >= 11 is 0. The molecule has 1 aliphatic carbocycles. The summed E-state index contributed by atoms with van der Waals surface area (Å²) in [6, 6.07) is 7.44. The average Bonchev–Trinajstić information content (AvgIpc) is 3.14. The van der Waals surface area contributed by atoms with Crippen LogP contribution >= 0.6 is 0 Å². The predicted molar refractivity (Wildman–Crippen MR) is 81.7 cm³/mol. The molecule has 3 heterocycles. The summed E-state index contributed by atoms with van der Waals surface area (Å²) in [4.78, 5) is 8.89. The fourth-order valence-corrected chi connectivity index (χ4v) is 2.98. The first-order valence-corrected chi connectivity index (χ1v) is 7.56. The second-order valence-corrected chi connectivity index (χ2v) is 5.91. The number of hydrogen-bond acceptors (Lipinski definition) is 5. The van der Waals surface area contributed by atoms with Gasteiger partial charge in [0.15, 0.2) is 0 Å². The van der Waals surface area contributed by atoms with Gasteiger partial charge in [0.1, 0.15) is 23.1 Å². The molecule has 4 aromatic rings. The van der Waals surface area contributed by atoms with Gasteiger partial charge in [0.2, 0.25) is 22.9 Å². The van der Waals surface area contributed by atoms with Crippen LogP contribution in [0, 0.1) is 12.1 Å². The van der Waals surface area contributed by atoms with Crippen LogP contribution in [0.3, 0.4) is 0 Å². The van der Waals surface area contributed by atoms with Crippen LogP contribution in [0.4, 0.5) is 0 Å². The van der Waals surface area contributed by atoms with E-state index in [1.165, 1.54) is 0 Å². The van der Waals surface area contributed by atoms with Crippen molar-refractivity contribution in [3.63, 3.8) is 0 Å². The summed E-state index contributed by atoms with van der Waals surface area (Å²) in [7, 11) is 0. The molecule has 3 aromatic heterocycles. The van der Waals surface area contributed by atoms with E-state index in [0.717, 1.165) is 23.1 Å². The lowest BCUT2D eigenvalue weighted by atomic mass is 10.2. The monoisotopic (exact) mass is 307 g/mol. The van der Waals surface area contributed by atoms with E-state index >= 15 is 0 Å². The zero-order valence-corrected chi connectivity index (χ0v) is 12.4. The van der Waals surface area contributed by atoms with Crippen LogP contribution in [-0.2, 0) is 0 Å². The number of fused-ring (bicyclic) bond motifs is 3. The summed E-state index contributed by atoms with van der Waals surface area (Å²) in [5, 5.41) is 16.6. The van der Waals surface area contributed by atoms with E-state index in [1.807, 2.05) is 22.6 Å². The molecule has 0 radical (unpaired) electrons. The van der Waals surface area contributed by atoms with Gasteiger partial charge in [-0.25, -0.2) is 4.98 Å². The number of imidazole rings is 1. The summed E-state index contributed by atoms with van der Waals surface area (Å²) < 4.78 is 8.16. The Kier molecular flexibility index (Phi) is 2.34. The first-order chi connectivity index (χ1) is 11.2. The molecule has 0 saturated heterocycles. The van der Waals surface area contributed by atoms with Crippen molar-refractivity contribution in [1.82, 2.24) is 19.5 Å². The average molecular weight is 307 g/mol. The van der Waals surface area contributed by atoms with Gasteiger partial charge in [0.05, 0.1) is 0 Å². The Morgan fingerprint density at radius 2 is 2.13 bits per heavy atom. The van der Waals surface area contributed by atoms with Crippen LogP contribution in [0.15, 0.2) is 35.1 Å². The van der Waals surface area contributed by atoms with Crippen molar-refractivity contribution in [3.8, 4) is 11.5 Å². The van der Waals surface area contributed by atoms with Crippen molar-refractivity contribution in [2.75, 3.05) is 0 Å². The minimum absolute atomic E-state index is 0.386. The van der Waals surface area contributed by atoms with Crippen LogP contribution < -0.4 is 4.73 Å². The van der Waals surface area contributed by atoms with Gasteiger partial charge in [0, 0.05) is 18.9 Å². The fourth-order valence-electron chi connectivity index (χ4n) is 2.98. The van der Waals surface area contributed by atoms with Gasteiger partial charge in [-0.1, -0.05) is 17.3 Å². The minimum atomic E-state index is 0.386. The molecule has 0 bridgehead atoms. The second-order valence-electron chi connectivity index (χ2n) is 5.91. The number of nitrogens with zero attached hydrogens (tertiary/aromatic N) is 5. The van der Waals surface area contributed by atoms with Gasteiger partial charge in [-0.15, -0.1) is 0 Å². The summed E-state index contributed by atoms with van der Waals surface area (Å²) in [6.07, 6.45) is 3.89. The molecule has 5 rings (SSSR count). The zero-order valence-electron chi connectivity index (χ0n) is 12.4. The summed E-state index contributed by atoms with van der Waals surface area (Å²) in [5.74, 6) is 1.49. The smallest absolute Gasteiger partial charge is 0.241 e. The number of benzene rings is 1. The lowest BCUT2D eigenvalue weighted by molar-refractivity contribution is -0.583. The lowest BCUT2D eigenvalue weighted by Crippen LogP contribution is -2.32. The number of aryl methyl sites for hydroxylation is 1. The molecule has 114 valence electrons. The third kappa shape index (κ3) is 1.70. The standard InChI is InChI=1S/C16H13N5O2/c1-9-14-13(15-18-16(23-19-15)10-6-7-10)17-8-20(14)11-4-2-3-5-12(11)21(9)22/h2-5,8,10H,6-7H2,1H3. The van der Waals surface area contributed by atoms with Crippen LogP contribution in [-0.4, -0.2) is 19.5 Å². The van der Waals surface area contributed by atoms with Gasteiger partial charge in [-0.05, 0) is 18.9 Å². The third-order valence-corrected chi connectivity index (χ3v) is 4.36. The number of aromatic nitrogens is 5. The Labute approximate surface area is 130 Å². The van der Waals surface area contributed by atoms with E-state index in [0.29, 0.717) is 40.1 Å². The largest absolute Gasteiger partial charge is 0.618 e. The molecule has 0 unspecified atom stereocenters. The Morgan fingerprint density at radius 3 is 2.96 bits per heavy atom. The maximum Gasteiger partial charge on any atom is 0.241 e. The topological polar surface area (TPSA) is 83.2 Å². The van der Waals surface area contributed by atoms with E-state index in [-0.39, 0.29) is 0 Å². The fraction of sp³-hybridized carbons (Fsp3) is 0.250. The molecule has 0 spiro atoms. The quantitative estimate of drug-likeness (QED) is 0.419. The highest BCUT2D eigenvalue weighted by Crippen LogP contribution is 2.39. The molecule has 0 amide bonds. The first kappa shape index (κ1) is 12.6. The predicted octanol–water partition coefficient (Wildman–Crippen LogP) is 2.36. The van der Waals surface area contributed by atoms with Crippen molar-refractivity contribution >= 4 is 16.6 Å². The van der Waals surface area contributed by atoms with Crippen LogP contribution in [0.2, 0.25) is 0 Å². The van der Waals surface area contributed by atoms with Gasteiger partial charge in [-0.3, -0.25) is 4.40 Å². The minimum Gasteiger partial charge on any atom is -0.618 e. The first-order valence-electron chi connectivity index (χ1n) is 7.56. The SMILES string of the molecule is Cc1c2c(-c3noc(C4CC4)n3)ncn2c2ccccc2[n+]1[O-]. The number of hydrogen-bond donors (Lipinski definition) is 0. The molecule has 0 N–H and O–H groups in total. The maximum absolute atomic E-state index is 12.6. The van der Waals surface area contributed by atoms with Gasteiger partial charge in [0.25, 0.3) is 0 Å². The molecule has 0 aliphatic heterocycles. The van der Waals surface area contributed by atoms with Gasteiger partial charge in [-0.2, -0.15) is 9.71 Å². The van der Waals surface area contributed by atoms with Crippen LogP contribution in [0.25, 0.3) is 28.1 Å². The highest BCUT2D eigenvalue weighted by Gasteiger charge is 2.31. The molecular formula is C16H13N5O2. The molecule has 1 saturated carbocycles. The summed E-state index contributed by atoms with van der Waals surface area (Å²) in [5.41, 5.74) is 3.25. The van der Waals surface area contributed by atoms with Crippen molar-refractivity contribution in [1.29, 1.82) is 0 Å². The molecule has 1 aliphatic rings. The zero-order chi connectivity index (χ0) is 15.6. The Morgan fingerprint density at radius 1 is 1.30 bits per heavy atom. The highest BCUT2D eigenvalue weighted by molar-refractivity contribution is 5.82. The normalized spacial score (nSPS) is 14.8. The van der Waals surface area contributed by atoms with Gasteiger partial charge >= 0.3 is 0 Å².